The number of hydrogen-bond acceptors (Lipinski definition) is 2. The highest BCUT2D eigenvalue weighted by atomic mass is 31.2. The summed E-state index contributed by atoms with van der Waals surface area (Å²) in [4.78, 5) is 12.4. The third-order valence-electron chi connectivity index (χ3n) is 7.07. The molecule has 0 aromatic heterocycles. The Morgan fingerprint density at radius 2 is 1.36 bits per heavy atom. The van der Waals surface area contributed by atoms with Crippen molar-refractivity contribution in [1.82, 2.24) is 0 Å². The fraction of sp³-hybridized carbons (Fsp3) is 0.242. The lowest BCUT2D eigenvalue weighted by molar-refractivity contribution is -0.125. The molecule has 3 aromatic rings. The van der Waals surface area contributed by atoms with E-state index in [1.807, 2.05) is 20.8 Å². The first-order valence-corrected chi connectivity index (χ1v) is 14.4. The fourth-order valence-electron chi connectivity index (χ4n) is 5.12. The van der Waals surface area contributed by atoms with Crippen molar-refractivity contribution in [3.8, 4) is 11.8 Å². The maximum atomic E-state index is 12.4. The van der Waals surface area contributed by atoms with Crippen molar-refractivity contribution in [3.63, 3.8) is 0 Å². The number of rotatable bonds is 5. The van der Waals surface area contributed by atoms with Crippen LogP contribution in [-0.2, 0) is 4.79 Å². The van der Waals surface area contributed by atoms with Crippen molar-refractivity contribution in [2.75, 3.05) is 6.16 Å². The number of aliphatic hydroxyl groups is 1. The molecule has 0 bridgehead atoms. The van der Waals surface area contributed by atoms with Crippen molar-refractivity contribution < 1.29 is 9.90 Å². The van der Waals surface area contributed by atoms with Gasteiger partial charge in [-0.15, -0.1) is 0 Å². The van der Waals surface area contributed by atoms with Crippen LogP contribution in [0.2, 0.25) is 0 Å². The van der Waals surface area contributed by atoms with Crippen LogP contribution < -0.4 is 15.9 Å². The third-order valence-corrected chi connectivity index (χ3v) is 11.3. The summed E-state index contributed by atoms with van der Waals surface area (Å²) < 4.78 is 0. The summed E-state index contributed by atoms with van der Waals surface area (Å²) in [5.74, 6) is 6.44. The van der Waals surface area contributed by atoms with Crippen LogP contribution in [0.4, 0.5) is 0 Å². The Morgan fingerprint density at radius 1 is 0.917 bits per heavy atom. The molecule has 1 aliphatic carbocycles. The molecule has 2 nitrogen and oxygen atoms in total. The Bertz CT molecular complexity index is 1240. The summed E-state index contributed by atoms with van der Waals surface area (Å²) in [6.45, 7) is 7.93. The van der Waals surface area contributed by atoms with Gasteiger partial charge in [-0.25, -0.2) is 0 Å². The number of hydrogen-bond donors (Lipinski definition) is 1. The number of Topliss-reactive ketones (excluding diaryl/α,β-unsaturated/α-hetero) is 1. The molecule has 0 saturated heterocycles. The Balaban J connectivity index is 1.80. The van der Waals surface area contributed by atoms with Gasteiger partial charge in [0.2, 0.25) is 0 Å². The van der Waals surface area contributed by atoms with Crippen LogP contribution in [-0.4, -0.2) is 23.2 Å². The Morgan fingerprint density at radius 3 is 1.81 bits per heavy atom. The Kier molecular flexibility index (Phi) is 7.75. The molecule has 3 heteroatoms. The summed E-state index contributed by atoms with van der Waals surface area (Å²) in [5.41, 5.74) is 2.07. The van der Waals surface area contributed by atoms with Gasteiger partial charge < -0.3 is 5.11 Å². The molecule has 0 saturated carbocycles. The molecule has 0 spiro atoms. The quantitative estimate of drug-likeness (QED) is 0.371. The number of allylic oxidation sites excluding steroid dienone is 3. The van der Waals surface area contributed by atoms with Gasteiger partial charge in [0.1, 0.15) is 29.3 Å². The largest absolute Gasteiger partial charge is 0.385 e. The van der Waals surface area contributed by atoms with Crippen LogP contribution in [0.5, 0.6) is 0 Å². The molecule has 0 fully saturated rings. The first-order chi connectivity index (χ1) is 17.3. The minimum absolute atomic E-state index is 0.206. The molecule has 0 unspecified atom stereocenters. The first-order valence-electron chi connectivity index (χ1n) is 12.4. The summed E-state index contributed by atoms with van der Waals surface area (Å²) >= 11 is 0. The number of carbonyl (C=O) groups excluding carboxylic acids is 1. The SMILES string of the molecule is CC1=C(C#C/C(C)=C\C[P+](c2ccccc2)(c2ccccc2)c2ccccc2)C(C)(C)C[C@H](O)C1=O. The van der Waals surface area contributed by atoms with Gasteiger partial charge in [-0.05, 0) is 68.3 Å². The topological polar surface area (TPSA) is 37.3 Å². The van der Waals surface area contributed by atoms with Crippen LogP contribution in [0.25, 0.3) is 0 Å². The summed E-state index contributed by atoms with van der Waals surface area (Å²) in [5, 5.41) is 14.2. The number of benzene rings is 3. The van der Waals surface area contributed by atoms with Crippen molar-refractivity contribution in [2.45, 2.75) is 40.2 Å². The van der Waals surface area contributed by atoms with Crippen molar-refractivity contribution in [3.05, 3.63) is 114 Å². The van der Waals surface area contributed by atoms with Crippen molar-refractivity contribution >= 4 is 29.0 Å². The van der Waals surface area contributed by atoms with Crippen molar-refractivity contribution in [1.29, 1.82) is 0 Å². The molecule has 1 atom stereocenters. The normalized spacial score (nSPS) is 18.0. The van der Waals surface area contributed by atoms with E-state index in [0.717, 1.165) is 17.3 Å². The van der Waals surface area contributed by atoms with E-state index in [2.05, 4.69) is 109 Å². The lowest BCUT2D eigenvalue weighted by Gasteiger charge is -2.33. The smallest absolute Gasteiger partial charge is 0.187 e. The number of aliphatic hydroxyl groups excluding tert-OH is 1. The first kappa shape index (κ1) is 25.8. The molecule has 36 heavy (non-hydrogen) atoms. The highest BCUT2D eigenvalue weighted by Gasteiger charge is 2.44. The standard InChI is InChI=1S/C33H34O2P/c1-25(20-21-30-26(2)32(35)31(34)24-33(30,3)4)22-23-36(27-14-8-5-9-15-27,28-16-10-6-11-17-28)29-18-12-7-13-19-29/h5-19,22,31,34H,23-24H2,1-4H3/q+1/b25-22-/t31-/m0/s1. The second-order valence-electron chi connectivity index (χ2n) is 10.1. The lowest BCUT2D eigenvalue weighted by atomic mass is 9.71. The molecule has 0 radical (unpaired) electrons. The molecule has 3 aromatic carbocycles. The molecular formula is C33H34O2P+. The second kappa shape index (κ2) is 10.8. The molecule has 0 aliphatic heterocycles. The minimum atomic E-state index is -1.96. The molecule has 4 rings (SSSR count). The predicted octanol–water partition coefficient (Wildman–Crippen LogP) is 5.61. The summed E-state index contributed by atoms with van der Waals surface area (Å²) in [7, 11) is -1.96. The average molecular weight is 494 g/mol. The van der Waals surface area contributed by atoms with E-state index < -0.39 is 13.4 Å². The van der Waals surface area contributed by atoms with Gasteiger partial charge in [-0.1, -0.05) is 80.3 Å². The van der Waals surface area contributed by atoms with Gasteiger partial charge in [-0.3, -0.25) is 4.79 Å². The van der Waals surface area contributed by atoms with Crippen LogP contribution in [0.1, 0.15) is 34.1 Å². The molecule has 0 amide bonds. The average Bonchev–Trinajstić information content (AvgIpc) is 2.89. The van der Waals surface area contributed by atoms with Crippen LogP contribution in [0.3, 0.4) is 0 Å². The molecule has 182 valence electrons. The zero-order valence-corrected chi connectivity index (χ0v) is 22.4. The highest BCUT2D eigenvalue weighted by molar-refractivity contribution is 7.95. The van der Waals surface area contributed by atoms with Gasteiger partial charge in [0, 0.05) is 16.6 Å². The Labute approximate surface area is 216 Å². The number of carbonyl (C=O) groups is 1. The lowest BCUT2D eigenvalue weighted by Crippen LogP contribution is -2.35. The van der Waals surface area contributed by atoms with Gasteiger partial charge in [0.25, 0.3) is 0 Å². The van der Waals surface area contributed by atoms with E-state index in [-0.39, 0.29) is 11.2 Å². The maximum Gasteiger partial charge on any atom is 0.187 e. The Hall–Kier alpha value is -3.24. The van der Waals surface area contributed by atoms with E-state index in [1.165, 1.54) is 15.9 Å². The van der Waals surface area contributed by atoms with Gasteiger partial charge >= 0.3 is 0 Å². The molecular weight excluding hydrogens is 459 g/mol. The predicted molar refractivity (Wildman–Crippen MR) is 154 cm³/mol. The zero-order valence-electron chi connectivity index (χ0n) is 21.5. The molecule has 0 heterocycles. The van der Waals surface area contributed by atoms with E-state index in [4.69, 9.17) is 0 Å². The second-order valence-corrected chi connectivity index (χ2v) is 13.6. The monoisotopic (exact) mass is 493 g/mol. The summed E-state index contributed by atoms with van der Waals surface area (Å²) in [6.07, 6.45) is 2.58. The van der Waals surface area contributed by atoms with E-state index in [9.17, 15) is 9.90 Å². The zero-order chi connectivity index (χ0) is 25.8. The van der Waals surface area contributed by atoms with Crippen LogP contribution in [0.15, 0.2) is 114 Å². The van der Waals surface area contributed by atoms with Crippen LogP contribution >= 0.6 is 7.26 Å². The highest BCUT2D eigenvalue weighted by Crippen LogP contribution is 2.55. The minimum Gasteiger partial charge on any atom is -0.385 e. The van der Waals surface area contributed by atoms with E-state index in [0.29, 0.717) is 12.0 Å². The van der Waals surface area contributed by atoms with E-state index in [1.54, 1.807) is 6.92 Å². The van der Waals surface area contributed by atoms with E-state index >= 15 is 0 Å². The third kappa shape index (κ3) is 5.15. The fourth-order valence-corrected chi connectivity index (χ4v) is 9.24. The number of ketones is 1. The van der Waals surface area contributed by atoms with Crippen molar-refractivity contribution in [2.24, 2.45) is 5.41 Å². The van der Waals surface area contributed by atoms with Crippen LogP contribution in [0, 0.1) is 17.3 Å². The summed E-state index contributed by atoms with van der Waals surface area (Å²) in [6, 6.07) is 32.4. The van der Waals surface area contributed by atoms with Gasteiger partial charge in [0.05, 0.1) is 6.16 Å². The molecule has 1 aliphatic rings. The van der Waals surface area contributed by atoms with Gasteiger partial charge in [-0.2, -0.15) is 0 Å². The molecule has 1 N–H and O–H groups in total. The van der Waals surface area contributed by atoms with Gasteiger partial charge in [0.15, 0.2) is 5.78 Å². The maximum absolute atomic E-state index is 12.4.